The lowest BCUT2D eigenvalue weighted by Crippen LogP contribution is -2.50. The number of guanidine groups is 1. The number of fused-ring (bicyclic) bond motifs is 1. The molecule has 0 bridgehead atoms. The molecule has 2 fully saturated rings. The van der Waals surface area contributed by atoms with Crippen molar-refractivity contribution in [2.45, 2.75) is 26.2 Å². The van der Waals surface area contributed by atoms with Crippen molar-refractivity contribution in [2.24, 2.45) is 10.9 Å². The second kappa shape index (κ2) is 11.7. The summed E-state index contributed by atoms with van der Waals surface area (Å²) in [5.41, 5.74) is 0.926. The van der Waals surface area contributed by atoms with E-state index in [1.807, 2.05) is 23.1 Å². The molecule has 1 aromatic heterocycles. The maximum absolute atomic E-state index is 12.8. The molecule has 2 aromatic rings. The molecule has 0 unspecified atom stereocenters. The van der Waals surface area contributed by atoms with E-state index in [1.54, 1.807) is 0 Å². The largest absolute Gasteiger partial charge is 0.461 e. The molecule has 1 amide bonds. The van der Waals surface area contributed by atoms with Crippen molar-refractivity contribution in [3.05, 3.63) is 36.1 Å². The number of benzene rings is 1. The molecular formula is C23H33IN4O3. The van der Waals surface area contributed by atoms with E-state index in [-0.39, 0.29) is 29.9 Å². The second-order valence-electron chi connectivity index (χ2n) is 7.94. The lowest BCUT2D eigenvalue weighted by molar-refractivity contribution is -0.140. The van der Waals surface area contributed by atoms with Crippen LogP contribution in [0.1, 0.15) is 25.5 Å². The number of nitrogens with zero attached hydrogens (tertiary/aromatic N) is 3. The summed E-state index contributed by atoms with van der Waals surface area (Å²) >= 11 is 0. The predicted molar refractivity (Wildman–Crippen MR) is 133 cm³/mol. The maximum Gasteiger partial charge on any atom is 0.225 e. The van der Waals surface area contributed by atoms with Crippen molar-refractivity contribution in [2.75, 3.05) is 52.5 Å². The van der Waals surface area contributed by atoms with Crippen molar-refractivity contribution in [3.63, 3.8) is 0 Å². The molecule has 0 atom stereocenters. The number of halogens is 1. The third-order valence-electron chi connectivity index (χ3n) is 5.90. The molecule has 0 saturated carbocycles. The molecule has 0 spiro atoms. The summed E-state index contributed by atoms with van der Waals surface area (Å²) < 4.78 is 11.3. The van der Waals surface area contributed by atoms with E-state index in [0.29, 0.717) is 25.7 Å². The third kappa shape index (κ3) is 6.12. The van der Waals surface area contributed by atoms with E-state index in [9.17, 15) is 4.79 Å². The van der Waals surface area contributed by atoms with E-state index in [1.165, 1.54) is 0 Å². The Labute approximate surface area is 201 Å². The van der Waals surface area contributed by atoms with E-state index in [4.69, 9.17) is 14.1 Å². The van der Waals surface area contributed by atoms with Crippen LogP contribution in [0.2, 0.25) is 0 Å². The average molecular weight is 540 g/mol. The van der Waals surface area contributed by atoms with Gasteiger partial charge in [-0.15, -0.1) is 24.0 Å². The number of likely N-dealkylation sites (tertiary alicyclic amines) is 1. The number of aliphatic imine (C=N–C) groups is 1. The quantitative estimate of drug-likeness (QED) is 0.359. The number of furan rings is 1. The van der Waals surface area contributed by atoms with Gasteiger partial charge in [0.2, 0.25) is 5.91 Å². The summed E-state index contributed by atoms with van der Waals surface area (Å²) in [5.74, 6) is 2.32. The molecule has 4 rings (SSSR count). The fourth-order valence-electron chi connectivity index (χ4n) is 4.24. The van der Waals surface area contributed by atoms with Crippen LogP contribution in [0.5, 0.6) is 0 Å². The topological polar surface area (TPSA) is 70.3 Å². The molecule has 31 heavy (non-hydrogen) atoms. The molecule has 8 heteroatoms. The molecule has 2 aliphatic heterocycles. The monoisotopic (exact) mass is 540 g/mol. The highest BCUT2D eigenvalue weighted by molar-refractivity contribution is 14.0. The summed E-state index contributed by atoms with van der Waals surface area (Å²) in [6.45, 7) is 8.08. The van der Waals surface area contributed by atoms with Crippen LogP contribution in [-0.4, -0.2) is 74.1 Å². The van der Waals surface area contributed by atoms with Gasteiger partial charge in [-0.25, -0.2) is 0 Å². The third-order valence-corrected chi connectivity index (χ3v) is 5.90. The van der Waals surface area contributed by atoms with Crippen LogP contribution in [0, 0.1) is 5.92 Å². The highest BCUT2D eigenvalue weighted by Gasteiger charge is 2.30. The zero-order chi connectivity index (χ0) is 20.8. The average Bonchev–Trinajstić information content (AvgIpc) is 3.21. The second-order valence-corrected chi connectivity index (χ2v) is 7.94. The van der Waals surface area contributed by atoms with Crippen LogP contribution in [0.15, 0.2) is 39.7 Å². The molecule has 0 aliphatic carbocycles. The van der Waals surface area contributed by atoms with Crippen LogP contribution < -0.4 is 5.32 Å². The Morgan fingerprint density at radius 1 is 1.13 bits per heavy atom. The van der Waals surface area contributed by atoms with E-state index < -0.39 is 0 Å². The van der Waals surface area contributed by atoms with Gasteiger partial charge in [0.25, 0.3) is 0 Å². The van der Waals surface area contributed by atoms with Crippen LogP contribution in [0.25, 0.3) is 11.0 Å². The molecule has 2 saturated heterocycles. The van der Waals surface area contributed by atoms with Gasteiger partial charge in [0.15, 0.2) is 5.96 Å². The first-order valence-corrected chi connectivity index (χ1v) is 11.1. The fraction of sp³-hybridized carbons (Fsp3) is 0.565. The normalized spacial score (nSPS) is 18.2. The molecule has 2 aliphatic rings. The molecule has 1 aromatic carbocycles. The highest BCUT2D eigenvalue weighted by atomic mass is 127. The lowest BCUT2D eigenvalue weighted by Gasteiger charge is -2.36. The maximum atomic E-state index is 12.8. The smallest absolute Gasteiger partial charge is 0.225 e. The first-order chi connectivity index (χ1) is 14.7. The first kappa shape index (κ1) is 23.8. The Kier molecular flexibility index (Phi) is 9.01. The van der Waals surface area contributed by atoms with Crippen molar-refractivity contribution >= 4 is 46.8 Å². The Balaban J connectivity index is 0.00000272. The van der Waals surface area contributed by atoms with Gasteiger partial charge in [0, 0.05) is 57.0 Å². The van der Waals surface area contributed by atoms with Gasteiger partial charge in [0.1, 0.15) is 11.3 Å². The number of ether oxygens (including phenoxy) is 1. The molecular weight excluding hydrogens is 507 g/mol. The summed E-state index contributed by atoms with van der Waals surface area (Å²) in [6, 6.07) is 10.2. The van der Waals surface area contributed by atoms with E-state index in [2.05, 4.69) is 29.3 Å². The number of hydrogen-bond acceptors (Lipinski definition) is 4. The predicted octanol–water partition coefficient (Wildman–Crippen LogP) is 3.13. The first-order valence-electron chi connectivity index (χ1n) is 11.1. The molecule has 0 radical (unpaired) electrons. The van der Waals surface area contributed by atoms with Gasteiger partial charge in [-0.1, -0.05) is 18.2 Å². The van der Waals surface area contributed by atoms with Gasteiger partial charge in [-0.05, 0) is 31.9 Å². The minimum Gasteiger partial charge on any atom is -0.461 e. The zero-order valence-corrected chi connectivity index (χ0v) is 20.5. The Morgan fingerprint density at radius 3 is 2.58 bits per heavy atom. The number of morpholine rings is 1. The highest BCUT2D eigenvalue weighted by Crippen LogP contribution is 2.21. The van der Waals surface area contributed by atoms with Crippen molar-refractivity contribution in [3.8, 4) is 0 Å². The van der Waals surface area contributed by atoms with Crippen molar-refractivity contribution in [1.82, 2.24) is 15.1 Å². The number of nitrogens with one attached hydrogen (secondary N) is 1. The molecule has 1 N–H and O–H groups in total. The summed E-state index contributed by atoms with van der Waals surface area (Å²) in [4.78, 5) is 21.8. The fourth-order valence-corrected chi connectivity index (χ4v) is 4.24. The zero-order valence-electron chi connectivity index (χ0n) is 18.2. The molecule has 170 valence electrons. The number of rotatable bonds is 5. The van der Waals surface area contributed by atoms with Gasteiger partial charge < -0.3 is 24.3 Å². The van der Waals surface area contributed by atoms with Crippen LogP contribution in [0.3, 0.4) is 0 Å². The number of amides is 1. The number of hydrogen-bond donors (Lipinski definition) is 1. The van der Waals surface area contributed by atoms with Crippen LogP contribution in [0.4, 0.5) is 0 Å². The summed E-state index contributed by atoms with van der Waals surface area (Å²) in [5, 5.41) is 4.54. The van der Waals surface area contributed by atoms with Crippen molar-refractivity contribution in [1.29, 1.82) is 0 Å². The van der Waals surface area contributed by atoms with Gasteiger partial charge in [0.05, 0.1) is 13.2 Å². The van der Waals surface area contributed by atoms with E-state index in [0.717, 1.165) is 74.7 Å². The Hall–Kier alpha value is -1.81. The van der Waals surface area contributed by atoms with E-state index >= 15 is 0 Å². The Bertz CT molecular complexity index is 838. The number of carbonyl (C=O) groups excluding carboxylic acids is 1. The Morgan fingerprint density at radius 2 is 1.87 bits per heavy atom. The number of para-hydroxylation sites is 1. The lowest BCUT2D eigenvalue weighted by atomic mass is 9.95. The van der Waals surface area contributed by atoms with Crippen LogP contribution in [-0.2, 0) is 16.0 Å². The number of carbonyl (C=O) groups is 1. The van der Waals surface area contributed by atoms with Gasteiger partial charge in [-0.3, -0.25) is 9.79 Å². The number of piperidine rings is 1. The summed E-state index contributed by atoms with van der Waals surface area (Å²) in [6.07, 6.45) is 2.53. The summed E-state index contributed by atoms with van der Waals surface area (Å²) in [7, 11) is 0. The minimum atomic E-state index is 0. The minimum absolute atomic E-state index is 0. The van der Waals surface area contributed by atoms with Gasteiger partial charge >= 0.3 is 0 Å². The molecule has 7 nitrogen and oxygen atoms in total. The van der Waals surface area contributed by atoms with Crippen molar-refractivity contribution < 1.29 is 13.9 Å². The van der Waals surface area contributed by atoms with Gasteiger partial charge in [-0.2, -0.15) is 0 Å². The SMILES string of the molecule is CCNC(=NCCc1cc2ccccc2o1)N1CCC(C(=O)N2CCOCC2)CC1.I. The van der Waals surface area contributed by atoms with Crippen LogP contribution >= 0.6 is 24.0 Å². The molecule has 3 heterocycles. The standard InChI is InChI=1S/C23H32N4O3.HI/c1-2-24-23(25-10-7-20-17-19-5-3-4-6-21(19)30-20)27-11-8-18(9-12-27)22(28)26-13-15-29-16-14-26;/h3-6,17-18H,2,7-16H2,1H3,(H,24,25);1H.